The Kier molecular flexibility index (Phi) is 7.87. The van der Waals surface area contributed by atoms with E-state index in [9.17, 15) is 9.59 Å². The van der Waals surface area contributed by atoms with Crippen LogP contribution in [0, 0.1) is 0 Å². The molecule has 9 nitrogen and oxygen atoms in total. The molecule has 1 aliphatic heterocycles. The second kappa shape index (κ2) is 11.1. The van der Waals surface area contributed by atoms with Crippen molar-refractivity contribution in [2.24, 2.45) is 4.99 Å². The molecule has 0 bridgehead atoms. The van der Waals surface area contributed by atoms with Gasteiger partial charge in [0, 0.05) is 25.2 Å². The standard InChI is InChI=1S/C27H31N3O6S/c1-7-29(8-2)22-13-11-18(36-22)15-21-25(31)30-24(17-10-12-19(33-5)20(14-17)34-6)23(26(32)35-9-3)16(4)28-27(30)37-21/h10-15,24H,7-9H2,1-6H3. The van der Waals surface area contributed by atoms with Crippen LogP contribution < -0.4 is 29.3 Å². The minimum Gasteiger partial charge on any atom is -0.493 e. The number of allylic oxidation sites excluding steroid dienone is 1. The van der Waals surface area contributed by atoms with Crippen molar-refractivity contribution in [1.82, 2.24) is 4.57 Å². The summed E-state index contributed by atoms with van der Waals surface area (Å²) in [6.45, 7) is 9.43. The molecule has 1 aromatic carbocycles. The summed E-state index contributed by atoms with van der Waals surface area (Å²) in [7, 11) is 3.09. The summed E-state index contributed by atoms with van der Waals surface area (Å²) in [6.07, 6.45) is 1.71. The Morgan fingerprint density at radius 2 is 1.86 bits per heavy atom. The second-order valence-corrected chi connectivity index (χ2v) is 9.27. The zero-order valence-corrected chi connectivity index (χ0v) is 22.7. The summed E-state index contributed by atoms with van der Waals surface area (Å²) in [5.74, 6) is 1.81. The van der Waals surface area contributed by atoms with E-state index >= 15 is 0 Å². The van der Waals surface area contributed by atoms with Gasteiger partial charge in [-0.3, -0.25) is 9.36 Å². The van der Waals surface area contributed by atoms with Crippen molar-refractivity contribution >= 4 is 29.3 Å². The summed E-state index contributed by atoms with van der Waals surface area (Å²) >= 11 is 1.25. The van der Waals surface area contributed by atoms with Gasteiger partial charge in [0.2, 0.25) is 0 Å². The lowest BCUT2D eigenvalue weighted by molar-refractivity contribution is -0.139. The lowest BCUT2D eigenvalue weighted by Crippen LogP contribution is -2.39. The van der Waals surface area contributed by atoms with E-state index < -0.39 is 12.0 Å². The van der Waals surface area contributed by atoms with Crippen molar-refractivity contribution in [3.8, 4) is 11.5 Å². The molecule has 37 heavy (non-hydrogen) atoms. The van der Waals surface area contributed by atoms with Gasteiger partial charge in [0.05, 0.1) is 42.7 Å². The fourth-order valence-corrected chi connectivity index (χ4v) is 5.41. The predicted octanol–water partition coefficient (Wildman–Crippen LogP) is 3.25. The Bertz CT molecular complexity index is 1510. The molecule has 1 atom stereocenters. The number of rotatable bonds is 9. The predicted molar refractivity (Wildman–Crippen MR) is 142 cm³/mol. The molecule has 0 radical (unpaired) electrons. The number of esters is 1. The van der Waals surface area contributed by atoms with Gasteiger partial charge in [0.25, 0.3) is 5.56 Å². The van der Waals surface area contributed by atoms with Crippen LogP contribution in [-0.4, -0.2) is 44.5 Å². The number of benzene rings is 1. The van der Waals surface area contributed by atoms with Crippen LogP contribution in [0.5, 0.6) is 11.5 Å². The smallest absolute Gasteiger partial charge is 0.338 e. The van der Waals surface area contributed by atoms with E-state index in [0.717, 1.165) is 19.0 Å². The van der Waals surface area contributed by atoms with Crippen molar-refractivity contribution in [3.63, 3.8) is 0 Å². The number of hydrogen-bond donors (Lipinski definition) is 0. The normalized spacial score (nSPS) is 15.3. The molecule has 10 heteroatoms. The second-order valence-electron chi connectivity index (χ2n) is 8.26. The first-order chi connectivity index (χ1) is 17.9. The Balaban J connectivity index is 1.90. The molecule has 0 saturated heterocycles. The van der Waals surface area contributed by atoms with Gasteiger partial charge in [-0.05, 0) is 51.5 Å². The molecule has 2 aromatic heterocycles. The van der Waals surface area contributed by atoms with E-state index in [-0.39, 0.29) is 12.2 Å². The average Bonchev–Trinajstić information content (AvgIpc) is 3.47. The number of thiazole rings is 1. The highest BCUT2D eigenvalue weighted by atomic mass is 32.1. The Labute approximate surface area is 218 Å². The number of nitrogens with zero attached hydrogens (tertiary/aromatic N) is 3. The van der Waals surface area contributed by atoms with Gasteiger partial charge >= 0.3 is 5.97 Å². The fourth-order valence-electron chi connectivity index (χ4n) is 4.38. The number of methoxy groups -OCH3 is 2. The monoisotopic (exact) mass is 525 g/mol. The molecule has 3 aromatic rings. The van der Waals surface area contributed by atoms with E-state index in [0.29, 0.717) is 43.4 Å². The number of hydrogen-bond acceptors (Lipinski definition) is 9. The molecule has 0 spiro atoms. The first kappa shape index (κ1) is 26.3. The maximum absolute atomic E-state index is 13.8. The van der Waals surface area contributed by atoms with E-state index in [2.05, 4.69) is 23.7 Å². The van der Waals surface area contributed by atoms with Gasteiger partial charge in [0.1, 0.15) is 5.76 Å². The summed E-state index contributed by atoms with van der Waals surface area (Å²) < 4.78 is 24.2. The number of furan rings is 1. The molecule has 196 valence electrons. The Morgan fingerprint density at radius 1 is 1.14 bits per heavy atom. The Morgan fingerprint density at radius 3 is 2.51 bits per heavy atom. The van der Waals surface area contributed by atoms with Crippen LogP contribution in [0.4, 0.5) is 5.88 Å². The topological polar surface area (TPSA) is 95.5 Å². The summed E-state index contributed by atoms with van der Waals surface area (Å²) in [5.41, 5.74) is 1.19. The van der Waals surface area contributed by atoms with Gasteiger partial charge in [-0.2, -0.15) is 0 Å². The number of fused-ring (bicyclic) bond motifs is 1. The average molecular weight is 526 g/mol. The largest absolute Gasteiger partial charge is 0.493 e. The third-order valence-electron chi connectivity index (χ3n) is 6.20. The quantitative estimate of drug-likeness (QED) is 0.396. The van der Waals surface area contributed by atoms with Crippen molar-refractivity contribution in [2.45, 2.75) is 33.7 Å². The highest BCUT2D eigenvalue weighted by Gasteiger charge is 2.34. The first-order valence-corrected chi connectivity index (χ1v) is 12.9. The zero-order valence-electron chi connectivity index (χ0n) is 21.9. The van der Waals surface area contributed by atoms with E-state index in [1.165, 1.54) is 23.0 Å². The molecule has 1 unspecified atom stereocenters. The minimum atomic E-state index is -0.750. The van der Waals surface area contributed by atoms with Gasteiger partial charge in [0.15, 0.2) is 22.2 Å². The molecule has 1 aliphatic rings. The SMILES string of the molecule is CCOC(=O)C1=C(C)N=c2sc(=Cc3ccc(N(CC)CC)o3)c(=O)n2C1c1ccc(OC)c(OC)c1. The Hall–Kier alpha value is -3.79. The van der Waals surface area contributed by atoms with Crippen LogP contribution in [0.3, 0.4) is 0 Å². The van der Waals surface area contributed by atoms with Crippen LogP contribution in [0.15, 0.2) is 55.8 Å². The minimum absolute atomic E-state index is 0.200. The highest BCUT2D eigenvalue weighted by molar-refractivity contribution is 7.07. The first-order valence-electron chi connectivity index (χ1n) is 12.1. The molecule has 0 N–H and O–H groups in total. The zero-order chi connectivity index (χ0) is 26.7. The van der Waals surface area contributed by atoms with Crippen LogP contribution in [-0.2, 0) is 9.53 Å². The van der Waals surface area contributed by atoms with Gasteiger partial charge in [-0.25, -0.2) is 9.79 Å². The molecule has 4 rings (SSSR count). The van der Waals surface area contributed by atoms with Gasteiger partial charge < -0.3 is 23.5 Å². The van der Waals surface area contributed by atoms with Gasteiger partial charge in [-0.15, -0.1) is 0 Å². The lowest BCUT2D eigenvalue weighted by Gasteiger charge is -2.25. The molecular weight excluding hydrogens is 494 g/mol. The molecule has 0 amide bonds. The summed E-state index contributed by atoms with van der Waals surface area (Å²) in [6, 6.07) is 8.31. The molecule has 3 heterocycles. The maximum atomic E-state index is 13.8. The molecular formula is C27H31N3O6S. The molecule has 0 aliphatic carbocycles. The third-order valence-corrected chi connectivity index (χ3v) is 7.18. The number of carbonyl (C=O) groups is 1. The maximum Gasteiger partial charge on any atom is 0.338 e. The molecule has 0 fully saturated rings. The lowest BCUT2D eigenvalue weighted by atomic mass is 9.95. The van der Waals surface area contributed by atoms with Crippen molar-refractivity contribution < 1.29 is 23.4 Å². The van der Waals surface area contributed by atoms with Crippen molar-refractivity contribution in [3.05, 3.63) is 72.6 Å². The number of aromatic nitrogens is 1. The van der Waals surface area contributed by atoms with Crippen LogP contribution in [0.25, 0.3) is 6.08 Å². The van der Waals surface area contributed by atoms with E-state index in [4.69, 9.17) is 18.6 Å². The van der Waals surface area contributed by atoms with Crippen LogP contribution in [0.1, 0.15) is 45.1 Å². The van der Waals surface area contributed by atoms with Crippen molar-refractivity contribution in [1.29, 1.82) is 0 Å². The molecule has 0 saturated carbocycles. The summed E-state index contributed by atoms with van der Waals surface area (Å²) in [5, 5.41) is 0. The number of carbonyl (C=O) groups excluding carboxylic acids is 1. The van der Waals surface area contributed by atoms with E-state index in [1.54, 1.807) is 39.2 Å². The van der Waals surface area contributed by atoms with Crippen LogP contribution >= 0.6 is 11.3 Å². The van der Waals surface area contributed by atoms with E-state index in [1.807, 2.05) is 18.2 Å². The van der Waals surface area contributed by atoms with Crippen LogP contribution in [0.2, 0.25) is 0 Å². The summed E-state index contributed by atoms with van der Waals surface area (Å²) in [4.78, 5) is 34.0. The van der Waals surface area contributed by atoms with Crippen molar-refractivity contribution in [2.75, 3.05) is 38.8 Å². The van der Waals surface area contributed by atoms with Gasteiger partial charge in [-0.1, -0.05) is 17.4 Å². The fraction of sp³-hybridized carbons (Fsp3) is 0.370. The number of ether oxygens (including phenoxy) is 3. The highest BCUT2D eigenvalue weighted by Crippen LogP contribution is 2.36. The third kappa shape index (κ3) is 4.93. The number of anilines is 1.